The van der Waals surface area contributed by atoms with Crippen molar-refractivity contribution < 1.29 is 0 Å². The highest BCUT2D eigenvalue weighted by molar-refractivity contribution is 6.01. The maximum atomic E-state index is 2.51. The molecular formula is C73H49N. The average molecular weight is 940 g/mol. The monoisotopic (exact) mass is 939 g/mol. The minimum absolute atomic E-state index is 0.696. The van der Waals surface area contributed by atoms with Gasteiger partial charge in [-0.1, -0.05) is 249 Å². The van der Waals surface area contributed by atoms with Crippen LogP contribution < -0.4 is 4.90 Å². The zero-order chi connectivity index (χ0) is 49.0. The molecule has 0 atom stereocenters. The van der Waals surface area contributed by atoms with Crippen molar-refractivity contribution in [2.45, 2.75) is 5.41 Å². The van der Waals surface area contributed by atoms with E-state index in [0.717, 1.165) is 17.1 Å². The third-order valence-corrected chi connectivity index (χ3v) is 15.5. The van der Waals surface area contributed by atoms with Gasteiger partial charge in [0.1, 0.15) is 0 Å². The molecule has 0 amide bonds. The van der Waals surface area contributed by atoms with Crippen molar-refractivity contribution in [2.75, 3.05) is 4.90 Å². The summed E-state index contributed by atoms with van der Waals surface area (Å²) in [5.74, 6) is 0. The largest absolute Gasteiger partial charge is 0.310 e. The zero-order valence-electron chi connectivity index (χ0n) is 40.7. The van der Waals surface area contributed by atoms with Crippen molar-refractivity contribution in [1.29, 1.82) is 0 Å². The summed E-state index contributed by atoms with van der Waals surface area (Å²) in [6, 6.07) is 110. The van der Waals surface area contributed by atoms with Crippen LogP contribution in [0.15, 0.2) is 297 Å². The van der Waals surface area contributed by atoms with E-state index in [1.807, 2.05) is 0 Å². The second kappa shape index (κ2) is 17.9. The van der Waals surface area contributed by atoms with E-state index >= 15 is 0 Å². The molecule has 2 aliphatic carbocycles. The van der Waals surface area contributed by atoms with Crippen LogP contribution >= 0.6 is 0 Å². The lowest BCUT2D eigenvalue weighted by molar-refractivity contribution is 0.773. The molecule has 0 aromatic heterocycles. The van der Waals surface area contributed by atoms with Crippen molar-refractivity contribution in [2.24, 2.45) is 0 Å². The van der Waals surface area contributed by atoms with Crippen molar-refractivity contribution in [3.05, 3.63) is 320 Å². The SMILES string of the molecule is c1ccc(-c2ccc(N(c3ccc(-c4ccccc4)cc3)c3ccc4c(c3)-c3ccccc3-c3cc(-c5ccccc5)ccc3C3(c5cc(-c6ccccc6)ccc5-4)c4ccccc4-c4ccccc43)cc2)cc1. The molecule has 346 valence electrons. The summed E-state index contributed by atoms with van der Waals surface area (Å²) in [4.78, 5) is 2.42. The Balaban J connectivity index is 1.08. The lowest BCUT2D eigenvalue weighted by atomic mass is 9.64. The van der Waals surface area contributed by atoms with Gasteiger partial charge in [0.05, 0.1) is 5.41 Å². The fourth-order valence-electron chi connectivity index (χ4n) is 12.2. The maximum absolute atomic E-state index is 2.51. The molecule has 0 bridgehead atoms. The fourth-order valence-corrected chi connectivity index (χ4v) is 12.2. The van der Waals surface area contributed by atoms with Gasteiger partial charge in [-0.05, 0) is 160 Å². The Bertz CT molecular complexity index is 3900. The van der Waals surface area contributed by atoms with E-state index in [9.17, 15) is 0 Å². The number of anilines is 3. The molecule has 0 unspecified atom stereocenters. The van der Waals surface area contributed by atoms with Crippen LogP contribution in [0.5, 0.6) is 0 Å². The first-order valence-electron chi connectivity index (χ1n) is 25.7. The summed E-state index contributed by atoms with van der Waals surface area (Å²) in [5.41, 5.74) is 26.9. The van der Waals surface area contributed by atoms with Crippen LogP contribution in [-0.4, -0.2) is 0 Å². The van der Waals surface area contributed by atoms with E-state index in [1.54, 1.807) is 0 Å². The first-order chi connectivity index (χ1) is 36.7. The minimum atomic E-state index is -0.696. The molecule has 0 N–H and O–H groups in total. The van der Waals surface area contributed by atoms with E-state index in [4.69, 9.17) is 0 Å². The van der Waals surface area contributed by atoms with Gasteiger partial charge in [0.15, 0.2) is 0 Å². The standard InChI is InChI=1S/C73H49N/c1-5-19-50(20-6-1)54-33-39-58(40-34-54)74(59-41-35-55(36-42-59)51-21-7-2-8-22-51)60-43-45-63-66-44-37-57(53-25-11-4-12-26-53)48-72(66)73(69-31-17-15-29-64(69)65-30-16-18-32-70(65)73)71-46-38-56(52-23-9-3-10-24-52)47-68(71)62-28-14-13-27-61(62)67(63)49-60/h1-49H. The molecular weight excluding hydrogens is 891 g/mol. The van der Waals surface area contributed by atoms with E-state index in [1.165, 1.54) is 111 Å². The number of hydrogen-bond donors (Lipinski definition) is 0. The van der Waals surface area contributed by atoms with Gasteiger partial charge in [0.2, 0.25) is 0 Å². The second-order valence-corrected chi connectivity index (χ2v) is 19.5. The fraction of sp³-hybridized carbons (Fsp3) is 0.0137. The van der Waals surface area contributed by atoms with E-state index < -0.39 is 5.41 Å². The molecule has 2 aliphatic rings. The first kappa shape index (κ1) is 43.2. The van der Waals surface area contributed by atoms with Crippen molar-refractivity contribution in [3.63, 3.8) is 0 Å². The zero-order valence-corrected chi connectivity index (χ0v) is 40.7. The summed E-state index contributed by atoms with van der Waals surface area (Å²) in [5, 5.41) is 0. The predicted molar refractivity (Wildman–Crippen MR) is 310 cm³/mol. The highest BCUT2D eigenvalue weighted by Gasteiger charge is 2.49. The average Bonchev–Trinajstić information content (AvgIpc) is 3.82. The van der Waals surface area contributed by atoms with Crippen LogP contribution in [0.1, 0.15) is 22.3 Å². The summed E-state index contributed by atoms with van der Waals surface area (Å²) >= 11 is 0. The molecule has 12 aromatic rings. The van der Waals surface area contributed by atoms with E-state index in [-0.39, 0.29) is 0 Å². The number of fused-ring (bicyclic) bond motifs is 14. The molecule has 0 saturated heterocycles. The molecule has 0 radical (unpaired) electrons. The van der Waals surface area contributed by atoms with Crippen LogP contribution in [0.25, 0.3) is 89.0 Å². The van der Waals surface area contributed by atoms with Crippen LogP contribution in [0.4, 0.5) is 17.1 Å². The second-order valence-electron chi connectivity index (χ2n) is 19.5. The number of benzene rings is 12. The number of hydrogen-bond acceptors (Lipinski definition) is 1. The van der Waals surface area contributed by atoms with E-state index in [2.05, 4.69) is 302 Å². The Labute approximate surface area is 433 Å². The lowest BCUT2D eigenvalue weighted by Crippen LogP contribution is -2.30. The number of nitrogens with zero attached hydrogens (tertiary/aromatic N) is 1. The van der Waals surface area contributed by atoms with Crippen molar-refractivity contribution in [1.82, 2.24) is 0 Å². The smallest absolute Gasteiger partial charge is 0.0725 e. The molecule has 1 nitrogen and oxygen atoms in total. The first-order valence-corrected chi connectivity index (χ1v) is 25.7. The quantitative estimate of drug-likeness (QED) is 0.154. The van der Waals surface area contributed by atoms with Gasteiger partial charge in [-0.2, -0.15) is 0 Å². The Kier molecular flexibility index (Phi) is 10.5. The van der Waals surface area contributed by atoms with Crippen LogP contribution in [0, 0.1) is 0 Å². The molecule has 0 aliphatic heterocycles. The Hall–Kier alpha value is -9.56. The third kappa shape index (κ3) is 7.08. The molecule has 74 heavy (non-hydrogen) atoms. The van der Waals surface area contributed by atoms with Crippen molar-refractivity contribution >= 4 is 17.1 Å². The summed E-state index contributed by atoms with van der Waals surface area (Å²) in [7, 11) is 0. The highest BCUT2D eigenvalue weighted by Crippen LogP contribution is 2.62. The Morgan fingerprint density at radius 3 is 1.01 bits per heavy atom. The van der Waals surface area contributed by atoms with Gasteiger partial charge in [-0.25, -0.2) is 0 Å². The Morgan fingerprint density at radius 1 is 0.176 bits per heavy atom. The predicted octanol–water partition coefficient (Wildman–Crippen LogP) is 19.5. The van der Waals surface area contributed by atoms with Gasteiger partial charge in [0.25, 0.3) is 0 Å². The van der Waals surface area contributed by atoms with Gasteiger partial charge >= 0.3 is 0 Å². The van der Waals surface area contributed by atoms with Crippen LogP contribution in [0.3, 0.4) is 0 Å². The molecule has 0 fully saturated rings. The topological polar surface area (TPSA) is 3.24 Å². The van der Waals surface area contributed by atoms with Crippen LogP contribution in [0.2, 0.25) is 0 Å². The molecule has 1 spiro atoms. The molecule has 14 rings (SSSR count). The normalized spacial score (nSPS) is 12.4. The van der Waals surface area contributed by atoms with Gasteiger partial charge in [0, 0.05) is 17.1 Å². The molecule has 1 heteroatoms. The van der Waals surface area contributed by atoms with Crippen LogP contribution in [-0.2, 0) is 5.41 Å². The Morgan fingerprint density at radius 2 is 0.500 bits per heavy atom. The number of rotatable bonds is 7. The summed E-state index contributed by atoms with van der Waals surface area (Å²) in [6.45, 7) is 0. The van der Waals surface area contributed by atoms with Crippen molar-refractivity contribution in [3.8, 4) is 89.0 Å². The molecule has 12 aromatic carbocycles. The minimum Gasteiger partial charge on any atom is -0.310 e. The van der Waals surface area contributed by atoms with E-state index in [0.29, 0.717) is 0 Å². The molecule has 0 saturated carbocycles. The highest BCUT2D eigenvalue weighted by atomic mass is 15.1. The lowest BCUT2D eigenvalue weighted by Gasteiger charge is -2.37. The molecule has 0 heterocycles. The summed E-state index contributed by atoms with van der Waals surface area (Å²) in [6.07, 6.45) is 0. The van der Waals surface area contributed by atoms with Gasteiger partial charge in [-0.3, -0.25) is 0 Å². The summed E-state index contributed by atoms with van der Waals surface area (Å²) < 4.78 is 0. The van der Waals surface area contributed by atoms with Gasteiger partial charge in [-0.15, -0.1) is 0 Å². The third-order valence-electron chi connectivity index (χ3n) is 15.5. The maximum Gasteiger partial charge on any atom is 0.0725 e. The van der Waals surface area contributed by atoms with Gasteiger partial charge < -0.3 is 4.90 Å².